The van der Waals surface area contributed by atoms with Gasteiger partial charge in [0.25, 0.3) is 4.92 Å². The lowest BCUT2D eigenvalue weighted by molar-refractivity contribution is -0.737. The summed E-state index contributed by atoms with van der Waals surface area (Å²) in [5.41, 5.74) is 1.78. The van der Waals surface area contributed by atoms with Crippen molar-refractivity contribution < 1.29 is 14.9 Å². The normalized spacial score (nSPS) is 12.3. The van der Waals surface area contributed by atoms with Crippen LogP contribution in [0, 0.1) is 11.8 Å². The monoisotopic (exact) mass is 211 g/mol. The molecule has 15 heavy (non-hydrogen) atoms. The Kier molecular flexibility index (Phi) is 3.74. The number of hydrogen-bond donors (Lipinski definition) is 1. The van der Waals surface area contributed by atoms with Gasteiger partial charge in [0.1, 0.15) is 5.69 Å². The van der Waals surface area contributed by atoms with E-state index in [1.807, 2.05) is 0 Å². The lowest BCUT2D eigenvalue weighted by Crippen LogP contribution is -2.07. The average molecular weight is 211 g/mol. The van der Waals surface area contributed by atoms with E-state index in [9.17, 15) is 10.0 Å². The zero-order valence-electron chi connectivity index (χ0n) is 9.10. The van der Waals surface area contributed by atoms with E-state index in [2.05, 4.69) is 9.82 Å². The molecule has 1 aromatic rings. The van der Waals surface area contributed by atoms with Crippen molar-refractivity contribution in [3.63, 3.8) is 0 Å². The van der Waals surface area contributed by atoms with Gasteiger partial charge in [-0.2, -0.15) is 0 Å². The van der Waals surface area contributed by atoms with E-state index in [0.29, 0.717) is 22.7 Å². The Balaban J connectivity index is 3.00. The molecule has 1 atom stereocenters. The molecular formula is C10H15N2O3+. The molecule has 1 aromatic heterocycles. The van der Waals surface area contributed by atoms with Gasteiger partial charge in [-0.3, -0.25) is 4.98 Å². The summed E-state index contributed by atoms with van der Waals surface area (Å²) in [4.78, 5) is 20.3. The number of aryl methyl sites for hydroxylation is 1. The maximum Gasteiger partial charge on any atom is 0.337 e. The largest absolute Gasteiger partial charge is 0.393 e. The van der Waals surface area contributed by atoms with E-state index in [1.54, 1.807) is 26.1 Å². The van der Waals surface area contributed by atoms with Crippen LogP contribution in [0.3, 0.4) is 0 Å². The number of nitrogens with zero attached hydrogens (tertiary/aromatic N) is 2. The Hall–Kier alpha value is -1.49. The Morgan fingerprint density at radius 1 is 1.67 bits per heavy atom. The first kappa shape index (κ1) is 11.6. The van der Waals surface area contributed by atoms with Gasteiger partial charge in [0.15, 0.2) is 7.11 Å². The minimum Gasteiger partial charge on any atom is -0.393 e. The Labute approximate surface area is 88.2 Å². The first-order valence-corrected chi connectivity index (χ1v) is 4.69. The van der Waals surface area contributed by atoms with Crippen molar-refractivity contribution in [2.45, 2.75) is 26.4 Å². The van der Waals surface area contributed by atoms with E-state index < -0.39 is 6.10 Å². The number of aliphatic hydroxyl groups excluding tert-OH is 1. The highest BCUT2D eigenvalue weighted by atomic mass is 16.8. The summed E-state index contributed by atoms with van der Waals surface area (Å²) in [6.07, 6.45) is 1.66. The Morgan fingerprint density at radius 3 is 2.87 bits per heavy atom. The van der Waals surface area contributed by atoms with Crippen LogP contribution in [0.25, 0.3) is 0 Å². The summed E-state index contributed by atoms with van der Waals surface area (Å²) >= 11 is 0. The van der Waals surface area contributed by atoms with E-state index in [0.717, 1.165) is 5.56 Å². The second-order valence-electron chi connectivity index (χ2n) is 3.44. The van der Waals surface area contributed by atoms with Gasteiger partial charge in [-0.15, -0.1) is 0 Å². The summed E-state index contributed by atoms with van der Waals surface area (Å²) in [5.74, 6) is 0. The highest BCUT2D eigenvalue weighted by Crippen LogP contribution is 2.18. The zero-order chi connectivity index (χ0) is 11.4. The zero-order valence-corrected chi connectivity index (χ0v) is 9.10. The summed E-state index contributed by atoms with van der Waals surface area (Å²) in [7, 11) is 1.30. The molecule has 0 aromatic carbocycles. The minimum atomic E-state index is -0.454. The van der Waals surface area contributed by atoms with Crippen molar-refractivity contribution in [3.8, 4) is 0 Å². The number of aliphatic hydroxyl groups is 1. The first-order chi connectivity index (χ1) is 7.04. The number of pyridine rings is 1. The first-order valence-electron chi connectivity index (χ1n) is 4.69. The van der Waals surface area contributed by atoms with Crippen LogP contribution in [-0.4, -0.2) is 28.2 Å². The minimum absolute atomic E-state index is 0.371. The summed E-state index contributed by atoms with van der Waals surface area (Å²) < 4.78 is 0. The quantitative estimate of drug-likeness (QED) is 0.762. The molecular weight excluding hydrogens is 196 g/mol. The molecule has 1 N–H and O–H groups in total. The second-order valence-corrected chi connectivity index (χ2v) is 3.44. The predicted octanol–water partition coefficient (Wildman–Crippen LogP) is 1.29. The Bertz CT molecular complexity index is 364. The summed E-state index contributed by atoms with van der Waals surface area (Å²) in [5, 5.41) is 9.21. The van der Waals surface area contributed by atoms with Crippen LogP contribution >= 0.6 is 0 Å². The standard InChI is InChI=1S/C10H15N2O3/c1-7(13)4-9-5-10(12(14)15-3)8(2)11-6-9/h5-7,13H,4H2,1-3H3/q+1. The SMILES string of the molecule is CO[N+](=O)c1cc(CC(C)O)cnc1C. The van der Waals surface area contributed by atoms with Crippen LogP contribution in [0.5, 0.6) is 0 Å². The van der Waals surface area contributed by atoms with Gasteiger partial charge in [0, 0.05) is 12.3 Å². The van der Waals surface area contributed by atoms with Crippen LogP contribution in [0.4, 0.5) is 5.69 Å². The lowest BCUT2D eigenvalue weighted by Gasteiger charge is -2.03. The number of hydrogen-bond acceptors (Lipinski definition) is 4. The summed E-state index contributed by atoms with van der Waals surface area (Å²) in [6, 6.07) is 1.67. The smallest absolute Gasteiger partial charge is 0.337 e. The molecule has 0 aliphatic rings. The van der Waals surface area contributed by atoms with Gasteiger partial charge in [-0.05, 0) is 25.8 Å². The number of rotatable bonds is 4. The van der Waals surface area contributed by atoms with E-state index >= 15 is 0 Å². The molecule has 82 valence electrons. The molecule has 0 aliphatic carbocycles. The molecule has 1 rings (SSSR count). The molecule has 5 heteroatoms. The van der Waals surface area contributed by atoms with Crippen LogP contribution in [-0.2, 0) is 11.3 Å². The third-order valence-corrected chi connectivity index (χ3v) is 2.01. The van der Waals surface area contributed by atoms with Crippen LogP contribution < -0.4 is 0 Å². The van der Waals surface area contributed by atoms with Gasteiger partial charge in [-0.25, -0.2) is 4.84 Å². The molecule has 0 saturated carbocycles. The van der Waals surface area contributed by atoms with Crippen LogP contribution in [0.2, 0.25) is 0 Å². The van der Waals surface area contributed by atoms with Gasteiger partial charge in [0.05, 0.1) is 11.0 Å². The van der Waals surface area contributed by atoms with Crippen molar-refractivity contribution in [1.82, 2.24) is 4.98 Å². The molecule has 1 unspecified atom stereocenters. The third kappa shape index (κ3) is 2.99. The van der Waals surface area contributed by atoms with Gasteiger partial charge in [0.2, 0.25) is 0 Å². The van der Waals surface area contributed by atoms with Gasteiger partial charge < -0.3 is 5.11 Å². The average Bonchev–Trinajstić information content (AvgIpc) is 2.19. The Morgan fingerprint density at radius 2 is 2.33 bits per heavy atom. The van der Waals surface area contributed by atoms with Crippen molar-refractivity contribution in [2.75, 3.05) is 7.11 Å². The topological polar surface area (TPSA) is 62.4 Å². The molecule has 0 radical (unpaired) electrons. The molecule has 5 nitrogen and oxygen atoms in total. The summed E-state index contributed by atoms with van der Waals surface area (Å²) in [6.45, 7) is 3.41. The van der Waals surface area contributed by atoms with E-state index in [-0.39, 0.29) is 0 Å². The predicted molar refractivity (Wildman–Crippen MR) is 54.7 cm³/mol. The molecule has 0 amide bonds. The van der Waals surface area contributed by atoms with Crippen molar-refractivity contribution in [2.24, 2.45) is 0 Å². The van der Waals surface area contributed by atoms with Crippen molar-refractivity contribution >= 4 is 5.69 Å². The highest BCUT2D eigenvalue weighted by molar-refractivity contribution is 5.36. The fourth-order valence-electron chi connectivity index (χ4n) is 1.30. The van der Waals surface area contributed by atoms with Crippen LogP contribution in [0.1, 0.15) is 18.2 Å². The molecule has 0 aliphatic heterocycles. The fourth-order valence-corrected chi connectivity index (χ4v) is 1.30. The van der Waals surface area contributed by atoms with Crippen LogP contribution in [0.15, 0.2) is 12.3 Å². The maximum absolute atomic E-state index is 11.3. The third-order valence-electron chi connectivity index (χ3n) is 2.01. The van der Waals surface area contributed by atoms with Crippen molar-refractivity contribution in [1.29, 1.82) is 0 Å². The lowest BCUT2D eigenvalue weighted by atomic mass is 10.1. The molecule has 1 heterocycles. The maximum atomic E-state index is 11.3. The number of aromatic nitrogens is 1. The van der Waals surface area contributed by atoms with E-state index in [1.165, 1.54) is 7.11 Å². The molecule has 0 spiro atoms. The van der Waals surface area contributed by atoms with Gasteiger partial charge in [-0.1, -0.05) is 0 Å². The fraction of sp³-hybridized carbons (Fsp3) is 0.500. The molecule has 0 fully saturated rings. The van der Waals surface area contributed by atoms with Crippen molar-refractivity contribution in [3.05, 3.63) is 28.4 Å². The molecule has 0 bridgehead atoms. The van der Waals surface area contributed by atoms with Gasteiger partial charge >= 0.3 is 5.69 Å². The van der Waals surface area contributed by atoms with E-state index in [4.69, 9.17) is 0 Å². The second kappa shape index (κ2) is 4.84. The highest BCUT2D eigenvalue weighted by Gasteiger charge is 2.20. The molecule has 0 saturated heterocycles.